The average molecular weight is 383 g/mol. The molecule has 0 atom stereocenters. The molecule has 150 valence electrons. The van der Waals surface area contributed by atoms with Crippen molar-refractivity contribution in [2.24, 2.45) is 5.92 Å². The number of nitrogens with zero attached hydrogens (tertiary/aromatic N) is 4. The number of aromatic nitrogens is 4. The van der Waals surface area contributed by atoms with E-state index in [0.29, 0.717) is 18.9 Å². The predicted molar refractivity (Wildman–Crippen MR) is 113 cm³/mol. The van der Waals surface area contributed by atoms with Gasteiger partial charge in [-0.15, -0.1) is 10.2 Å². The van der Waals surface area contributed by atoms with Gasteiger partial charge in [0.05, 0.1) is 11.0 Å². The molecule has 0 saturated heterocycles. The lowest BCUT2D eigenvalue weighted by Gasteiger charge is -2.12. The summed E-state index contributed by atoms with van der Waals surface area (Å²) < 4.78 is 2.06. The zero-order valence-electron chi connectivity index (χ0n) is 17.5. The molecule has 0 aliphatic rings. The van der Waals surface area contributed by atoms with E-state index in [1.165, 1.54) is 11.1 Å². The van der Waals surface area contributed by atoms with Crippen LogP contribution < -0.4 is 10.6 Å². The van der Waals surface area contributed by atoms with Crippen molar-refractivity contribution in [1.29, 1.82) is 0 Å². The number of nitrogens with one attached hydrogen (secondary N) is 2. The Morgan fingerprint density at radius 2 is 1.79 bits per heavy atom. The third kappa shape index (κ3) is 4.40. The average Bonchev–Trinajstić information content (AvgIpc) is 3.01. The number of benzene rings is 1. The van der Waals surface area contributed by atoms with Crippen molar-refractivity contribution in [3.63, 3.8) is 0 Å². The van der Waals surface area contributed by atoms with Gasteiger partial charge < -0.3 is 10.6 Å². The van der Waals surface area contributed by atoms with Gasteiger partial charge >= 0.3 is 0 Å². The maximum Gasteiger partial charge on any atom is 0.220 e. The third-order valence-electron chi connectivity index (χ3n) is 4.91. The molecule has 3 aromatic rings. The van der Waals surface area contributed by atoms with Gasteiger partial charge in [-0.05, 0) is 62.8 Å². The summed E-state index contributed by atoms with van der Waals surface area (Å²) in [4.78, 5) is 16.5. The Balaban J connectivity index is 1.66. The highest BCUT2D eigenvalue weighted by atomic mass is 16.1. The van der Waals surface area contributed by atoms with Gasteiger partial charge in [0.1, 0.15) is 5.82 Å². The van der Waals surface area contributed by atoms with Crippen LogP contribution in [-0.4, -0.2) is 38.6 Å². The molecule has 28 heavy (non-hydrogen) atoms. The molecule has 2 aromatic heterocycles. The molecular formula is C21H30N6O. The van der Waals surface area contributed by atoms with Crippen LogP contribution in [-0.2, 0) is 4.79 Å². The quantitative estimate of drug-likeness (QED) is 0.582. The number of hydrogen-bond acceptors (Lipinski definition) is 5. The molecule has 7 heteroatoms. The van der Waals surface area contributed by atoms with Gasteiger partial charge in [0, 0.05) is 19.5 Å². The number of aryl methyl sites for hydroxylation is 3. The minimum atomic E-state index is 0.130. The summed E-state index contributed by atoms with van der Waals surface area (Å²) >= 11 is 0. The van der Waals surface area contributed by atoms with E-state index in [9.17, 15) is 4.79 Å². The molecule has 0 radical (unpaired) electrons. The van der Waals surface area contributed by atoms with Crippen molar-refractivity contribution < 1.29 is 4.79 Å². The normalized spacial score (nSPS) is 11.5. The summed E-state index contributed by atoms with van der Waals surface area (Å²) in [5.74, 6) is 2.12. The zero-order chi connectivity index (χ0) is 20.3. The maximum atomic E-state index is 11.7. The molecule has 1 aromatic carbocycles. The number of hydrogen-bond donors (Lipinski definition) is 2. The van der Waals surface area contributed by atoms with E-state index in [0.717, 1.165) is 47.7 Å². The molecule has 0 aliphatic heterocycles. The van der Waals surface area contributed by atoms with E-state index in [2.05, 4.69) is 65.1 Å². The minimum Gasteiger partial charge on any atom is -0.367 e. The zero-order valence-corrected chi connectivity index (χ0v) is 17.5. The van der Waals surface area contributed by atoms with Crippen LogP contribution in [0.15, 0.2) is 12.1 Å². The van der Waals surface area contributed by atoms with Crippen LogP contribution >= 0.6 is 0 Å². The lowest BCUT2D eigenvalue weighted by molar-refractivity contribution is -0.121. The molecule has 0 unspecified atom stereocenters. The van der Waals surface area contributed by atoms with E-state index >= 15 is 0 Å². The number of amides is 1. The van der Waals surface area contributed by atoms with Gasteiger partial charge in [0.2, 0.25) is 11.6 Å². The number of fused-ring (bicyclic) bond motifs is 3. The van der Waals surface area contributed by atoms with E-state index in [1.54, 1.807) is 0 Å². The lowest BCUT2D eigenvalue weighted by Crippen LogP contribution is -2.25. The fourth-order valence-electron chi connectivity index (χ4n) is 3.28. The second kappa shape index (κ2) is 8.54. The number of carbonyl (C=O) groups is 1. The highest BCUT2D eigenvalue weighted by Gasteiger charge is 2.13. The Morgan fingerprint density at radius 3 is 2.54 bits per heavy atom. The summed E-state index contributed by atoms with van der Waals surface area (Å²) in [6, 6.07) is 4.25. The predicted octanol–water partition coefficient (Wildman–Crippen LogP) is 3.56. The summed E-state index contributed by atoms with van der Waals surface area (Å²) in [7, 11) is 0. The first-order valence-electron chi connectivity index (χ1n) is 10.00. The highest BCUT2D eigenvalue weighted by Crippen LogP contribution is 2.24. The lowest BCUT2D eigenvalue weighted by atomic mass is 10.1. The van der Waals surface area contributed by atoms with Gasteiger partial charge in [0.25, 0.3) is 0 Å². The largest absolute Gasteiger partial charge is 0.367 e. The summed E-state index contributed by atoms with van der Waals surface area (Å²) in [5, 5.41) is 14.9. The number of anilines is 1. The summed E-state index contributed by atoms with van der Waals surface area (Å²) in [5.41, 5.74) is 5.15. The van der Waals surface area contributed by atoms with Crippen molar-refractivity contribution >= 4 is 28.4 Å². The molecule has 2 N–H and O–H groups in total. The van der Waals surface area contributed by atoms with Gasteiger partial charge in [0.15, 0.2) is 5.82 Å². The second-order valence-corrected chi connectivity index (χ2v) is 7.87. The van der Waals surface area contributed by atoms with Crippen molar-refractivity contribution in [2.45, 2.75) is 53.9 Å². The van der Waals surface area contributed by atoms with Crippen LogP contribution in [0.1, 0.15) is 50.1 Å². The molecule has 3 rings (SSSR count). The van der Waals surface area contributed by atoms with Crippen LogP contribution in [0.3, 0.4) is 0 Å². The monoisotopic (exact) mass is 382 g/mol. The van der Waals surface area contributed by atoms with E-state index in [1.807, 2.05) is 6.92 Å². The molecule has 0 saturated carbocycles. The molecule has 0 spiro atoms. The topological polar surface area (TPSA) is 84.2 Å². The Bertz CT molecular complexity index is 992. The first kappa shape index (κ1) is 20.0. The molecule has 0 bridgehead atoms. The first-order chi connectivity index (χ1) is 13.4. The Hall–Kier alpha value is -2.70. The number of carbonyl (C=O) groups excluding carboxylic acids is 1. The maximum absolute atomic E-state index is 11.7. The van der Waals surface area contributed by atoms with Crippen LogP contribution in [0.2, 0.25) is 0 Å². The number of rotatable bonds is 8. The van der Waals surface area contributed by atoms with E-state index in [-0.39, 0.29) is 5.91 Å². The third-order valence-corrected chi connectivity index (χ3v) is 4.91. The molecule has 0 fully saturated rings. The first-order valence-corrected chi connectivity index (χ1v) is 10.00. The van der Waals surface area contributed by atoms with Gasteiger partial charge in [-0.25, -0.2) is 4.98 Å². The van der Waals surface area contributed by atoms with Gasteiger partial charge in [-0.3, -0.25) is 9.20 Å². The van der Waals surface area contributed by atoms with Crippen molar-refractivity contribution in [3.8, 4) is 0 Å². The summed E-state index contributed by atoms with van der Waals surface area (Å²) in [6.07, 6.45) is 2.45. The van der Waals surface area contributed by atoms with E-state index in [4.69, 9.17) is 4.98 Å². The van der Waals surface area contributed by atoms with Crippen LogP contribution in [0, 0.1) is 26.7 Å². The molecule has 7 nitrogen and oxygen atoms in total. The van der Waals surface area contributed by atoms with Crippen molar-refractivity contribution in [3.05, 3.63) is 29.1 Å². The standard InChI is InChI=1S/C21H30N6O/c1-13(2)10-19(28)22-8-6-7-9-23-20-21-26-25-16(5)27(21)18-12-15(4)14(3)11-17(18)24-20/h11-13H,6-10H2,1-5H3,(H,22,28)(H,23,24). The van der Waals surface area contributed by atoms with Gasteiger partial charge in [-0.2, -0.15) is 0 Å². The second-order valence-electron chi connectivity index (χ2n) is 7.87. The Morgan fingerprint density at radius 1 is 1.07 bits per heavy atom. The van der Waals surface area contributed by atoms with E-state index < -0.39 is 0 Å². The van der Waals surface area contributed by atoms with Gasteiger partial charge in [-0.1, -0.05) is 13.8 Å². The summed E-state index contributed by atoms with van der Waals surface area (Å²) in [6.45, 7) is 11.7. The fourth-order valence-corrected chi connectivity index (χ4v) is 3.28. The molecule has 2 heterocycles. The highest BCUT2D eigenvalue weighted by molar-refractivity contribution is 5.84. The Kier molecular flexibility index (Phi) is 6.11. The molecule has 1 amide bonds. The SMILES string of the molecule is Cc1cc2nc(NCCCCNC(=O)CC(C)C)c3nnc(C)n3c2cc1C. The van der Waals surface area contributed by atoms with Crippen molar-refractivity contribution in [2.75, 3.05) is 18.4 Å². The minimum absolute atomic E-state index is 0.130. The number of unbranched alkanes of at least 4 members (excludes halogenated alkanes) is 1. The van der Waals surface area contributed by atoms with Crippen LogP contribution in [0.5, 0.6) is 0 Å². The fraction of sp³-hybridized carbons (Fsp3) is 0.524. The van der Waals surface area contributed by atoms with Crippen LogP contribution in [0.25, 0.3) is 16.7 Å². The van der Waals surface area contributed by atoms with Crippen LogP contribution in [0.4, 0.5) is 5.82 Å². The molecular weight excluding hydrogens is 352 g/mol. The molecule has 0 aliphatic carbocycles. The Labute approximate surface area is 165 Å². The van der Waals surface area contributed by atoms with Crippen molar-refractivity contribution in [1.82, 2.24) is 24.9 Å². The smallest absolute Gasteiger partial charge is 0.220 e.